The van der Waals surface area contributed by atoms with Crippen LogP contribution >= 0.6 is 15.9 Å². The molecule has 1 N–H and O–H groups in total. The first-order valence-corrected chi connectivity index (χ1v) is 6.88. The van der Waals surface area contributed by atoms with Crippen LogP contribution in [0.2, 0.25) is 0 Å². The Kier molecular flexibility index (Phi) is 4.52. The van der Waals surface area contributed by atoms with Crippen molar-refractivity contribution < 1.29 is 14.0 Å². The maximum Gasteiger partial charge on any atom is 0.254 e. The highest BCUT2D eigenvalue weighted by molar-refractivity contribution is 9.10. The number of carbonyl (C=O) groups is 2. The van der Waals surface area contributed by atoms with Gasteiger partial charge in [-0.2, -0.15) is 0 Å². The van der Waals surface area contributed by atoms with Crippen molar-refractivity contribution in [3.8, 4) is 0 Å². The number of halogens is 2. The molecule has 1 heterocycles. The first kappa shape index (κ1) is 14.0. The van der Waals surface area contributed by atoms with Gasteiger partial charge in [0.15, 0.2) is 0 Å². The molecule has 0 spiro atoms. The van der Waals surface area contributed by atoms with Gasteiger partial charge in [-0.3, -0.25) is 9.59 Å². The summed E-state index contributed by atoms with van der Waals surface area (Å²) in [4.78, 5) is 25.2. The molecule has 2 amide bonds. The minimum absolute atomic E-state index is 0.0579. The highest BCUT2D eigenvalue weighted by Crippen LogP contribution is 2.15. The first-order chi connectivity index (χ1) is 9.08. The molecule has 1 saturated heterocycles. The summed E-state index contributed by atoms with van der Waals surface area (Å²) in [6, 6.07) is 4.19. The van der Waals surface area contributed by atoms with E-state index in [2.05, 4.69) is 21.2 Å². The molecule has 1 fully saturated rings. The highest BCUT2D eigenvalue weighted by atomic mass is 79.9. The smallest absolute Gasteiger partial charge is 0.254 e. The molecule has 19 heavy (non-hydrogen) atoms. The Balaban J connectivity index is 1.92. The number of amides is 2. The van der Waals surface area contributed by atoms with Gasteiger partial charge in [0.05, 0.1) is 12.1 Å². The van der Waals surface area contributed by atoms with E-state index in [1.165, 1.54) is 12.1 Å². The number of hydrogen-bond acceptors (Lipinski definition) is 2. The summed E-state index contributed by atoms with van der Waals surface area (Å²) in [7, 11) is 0. The lowest BCUT2D eigenvalue weighted by molar-refractivity contribution is -0.129. The Morgan fingerprint density at radius 1 is 1.32 bits per heavy atom. The van der Waals surface area contributed by atoms with Gasteiger partial charge in [0, 0.05) is 17.6 Å². The average Bonchev–Trinajstić information content (AvgIpc) is 2.89. The van der Waals surface area contributed by atoms with Crippen LogP contribution < -0.4 is 5.32 Å². The molecule has 0 unspecified atom stereocenters. The van der Waals surface area contributed by atoms with E-state index in [4.69, 9.17) is 0 Å². The summed E-state index contributed by atoms with van der Waals surface area (Å²) in [5.41, 5.74) is -0.0579. The molecule has 0 aliphatic carbocycles. The number of rotatable bonds is 3. The second kappa shape index (κ2) is 6.14. The molecule has 1 aliphatic heterocycles. The molecule has 0 saturated carbocycles. The van der Waals surface area contributed by atoms with Gasteiger partial charge in [0.1, 0.15) is 5.82 Å². The van der Waals surface area contributed by atoms with Gasteiger partial charge in [-0.05, 0) is 31.0 Å². The predicted molar refractivity (Wildman–Crippen MR) is 72.2 cm³/mol. The van der Waals surface area contributed by atoms with Crippen molar-refractivity contribution in [1.29, 1.82) is 0 Å². The third-order valence-electron chi connectivity index (χ3n) is 3.03. The molecule has 0 radical (unpaired) electrons. The van der Waals surface area contributed by atoms with Gasteiger partial charge >= 0.3 is 0 Å². The van der Waals surface area contributed by atoms with Crippen LogP contribution in [0.25, 0.3) is 0 Å². The Morgan fingerprint density at radius 2 is 2.00 bits per heavy atom. The summed E-state index contributed by atoms with van der Waals surface area (Å²) in [5, 5.41) is 2.45. The summed E-state index contributed by atoms with van der Waals surface area (Å²) < 4.78 is 14.1. The SMILES string of the molecule is O=C(NCC(=O)N1CCCC1)c1ccc(Br)cc1F. The van der Waals surface area contributed by atoms with Crippen LogP contribution in [0.4, 0.5) is 4.39 Å². The number of likely N-dealkylation sites (tertiary alicyclic amines) is 1. The van der Waals surface area contributed by atoms with Gasteiger partial charge in [0.2, 0.25) is 5.91 Å². The largest absolute Gasteiger partial charge is 0.343 e. The molecule has 4 nitrogen and oxygen atoms in total. The van der Waals surface area contributed by atoms with Crippen LogP contribution in [-0.2, 0) is 4.79 Å². The second-order valence-corrected chi connectivity index (χ2v) is 5.31. The minimum Gasteiger partial charge on any atom is -0.343 e. The zero-order valence-corrected chi connectivity index (χ0v) is 11.9. The van der Waals surface area contributed by atoms with Crippen LogP contribution in [-0.4, -0.2) is 36.3 Å². The van der Waals surface area contributed by atoms with Crippen LogP contribution in [0, 0.1) is 5.82 Å². The third kappa shape index (κ3) is 3.53. The fourth-order valence-corrected chi connectivity index (χ4v) is 2.34. The fraction of sp³-hybridized carbons (Fsp3) is 0.385. The molecule has 1 aromatic carbocycles. The van der Waals surface area contributed by atoms with Gasteiger partial charge in [-0.15, -0.1) is 0 Å². The molecule has 1 aromatic rings. The van der Waals surface area contributed by atoms with Crippen molar-refractivity contribution in [3.63, 3.8) is 0 Å². The predicted octanol–water partition coefficient (Wildman–Crippen LogP) is 1.94. The van der Waals surface area contributed by atoms with E-state index in [-0.39, 0.29) is 18.0 Å². The van der Waals surface area contributed by atoms with Crippen molar-refractivity contribution in [1.82, 2.24) is 10.2 Å². The number of carbonyl (C=O) groups excluding carboxylic acids is 2. The lowest BCUT2D eigenvalue weighted by Crippen LogP contribution is -2.38. The van der Waals surface area contributed by atoms with Crippen molar-refractivity contribution in [2.24, 2.45) is 0 Å². The normalized spacial score (nSPS) is 14.5. The standard InChI is InChI=1S/C13H14BrFN2O2/c14-9-3-4-10(11(15)7-9)13(19)16-8-12(18)17-5-1-2-6-17/h3-4,7H,1-2,5-6,8H2,(H,16,19). The van der Waals surface area contributed by atoms with Crippen molar-refractivity contribution >= 4 is 27.7 Å². The molecular weight excluding hydrogens is 315 g/mol. The van der Waals surface area contributed by atoms with Crippen LogP contribution in [0.15, 0.2) is 22.7 Å². The Morgan fingerprint density at radius 3 is 2.63 bits per heavy atom. The lowest BCUT2D eigenvalue weighted by atomic mass is 10.2. The zero-order chi connectivity index (χ0) is 13.8. The maximum absolute atomic E-state index is 13.5. The average molecular weight is 329 g/mol. The monoisotopic (exact) mass is 328 g/mol. The molecular formula is C13H14BrFN2O2. The maximum atomic E-state index is 13.5. The summed E-state index contributed by atoms with van der Waals surface area (Å²) in [5.74, 6) is -1.30. The van der Waals surface area contributed by atoms with Gasteiger partial charge in [0.25, 0.3) is 5.91 Å². The Bertz CT molecular complexity index is 501. The topological polar surface area (TPSA) is 49.4 Å². The number of hydrogen-bond donors (Lipinski definition) is 1. The number of benzene rings is 1. The van der Waals surface area contributed by atoms with Crippen molar-refractivity contribution in [2.45, 2.75) is 12.8 Å². The van der Waals surface area contributed by atoms with Gasteiger partial charge < -0.3 is 10.2 Å². The number of nitrogens with zero attached hydrogens (tertiary/aromatic N) is 1. The van der Waals surface area contributed by atoms with E-state index < -0.39 is 11.7 Å². The second-order valence-electron chi connectivity index (χ2n) is 4.39. The zero-order valence-electron chi connectivity index (χ0n) is 10.3. The first-order valence-electron chi connectivity index (χ1n) is 6.09. The van der Waals surface area contributed by atoms with Crippen molar-refractivity contribution in [3.05, 3.63) is 34.1 Å². The van der Waals surface area contributed by atoms with E-state index in [9.17, 15) is 14.0 Å². The van der Waals surface area contributed by atoms with E-state index >= 15 is 0 Å². The number of nitrogens with one attached hydrogen (secondary N) is 1. The molecule has 1 aliphatic rings. The van der Waals surface area contributed by atoms with Crippen molar-refractivity contribution in [2.75, 3.05) is 19.6 Å². The molecule has 2 rings (SSSR count). The summed E-state index contributed by atoms with van der Waals surface area (Å²) >= 11 is 3.12. The lowest BCUT2D eigenvalue weighted by Gasteiger charge is -2.15. The molecule has 0 atom stereocenters. The van der Waals surface area contributed by atoms with E-state index in [1.807, 2.05) is 0 Å². The molecule has 0 bridgehead atoms. The minimum atomic E-state index is -0.611. The summed E-state index contributed by atoms with van der Waals surface area (Å²) in [6.45, 7) is 1.39. The third-order valence-corrected chi connectivity index (χ3v) is 3.53. The molecule has 102 valence electrons. The van der Waals surface area contributed by atoms with Crippen LogP contribution in [0.5, 0.6) is 0 Å². The van der Waals surface area contributed by atoms with Crippen LogP contribution in [0.3, 0.4) is 0 Å². The van der Waals surface area contributed by atoms with Gasteiger partial charge in [-0.25, -0.2) is 4.39 Å². The van der Waals surface area contributed by atoms with Gasteiger partial charge in [-0.1, -0.05) is 15.9 Å². The molecule has 0 aromatic heterocycles. The Labute approximate surface area is 119 Å². The van der Waals surface area contributed by atoms with E-state index in [0.717, 1.165) is 25.9 Å². The van der Waals surface area contributed by atoms with E-state index in [0.29, 0.717) is 4.47 Å². The highest BCUT2D eigenvalue weighted by Gasteiger charge is 2.19. The van der Waals surface area contributed by atoms with Crippen LogP contribution in [0.1, 0.15) is 23.2 Å². The molecule has 6 heteroatoms. The van der Waals surface area contributed by atoms with E-state index in [1.54, 1.807) is 11.0 Å². The quantitative estimate of drug-likeness (QED) is 0.921. The Hall–Kier alpha value is -1.43. The fourth-order valence-electron chi connectivity index (χ4n) is 2.00. The summed E-state index contributed by atoms with van der Waals surface area (Å²) in [6.07, 6.45) is 2.00.